The molecule has 20 heavy (non-hydrogen) atoms. The van der Waals surface area contributed by atoms with Crippen LogP contribution in [0.15, 0.2) is 29.3 Å². The molecule has 0 amide bonds. The van der Waals surface area contributed by atoms with Crippen molar-refractivity contribution >= 4 is 16.9 Å². The number of fused-ring (bicyclic) bond motifs is 1. The molecule has 1 fully saturated rings. The minimum Gasteiger partial charge on any atom is -0.361 e. The predicted molar refractivity (Wildman–Crippen MR) is 87.2 cm³/mol. The minimum absolute atomic E-state index is 0.817. The maximum absolute atomic E-state index is 4.69. The number of hydrogen-bond donors (Lipinski definition) is 1. The third-order valence-electron chi connectivity index (χ3n) is 4.00. The Labute approximate surface area is 125 Å². The fourth-order valence-corrected chi connectivity index (χ4v) is 3.62. The highest BCUT2D eigenvalue weighted by molar-refractivity contribution is 8.13. The number of hydrogen-bond acceptors (Lipinski definition) is 4. The predicted octanol–water partition coefficient (Wildman–Crippen LogP) is 2.86. The van der Waals surface area contributed by atoms with Crippen LogP contribution in [0, 0.1) is 0 Å². The lowest BCUT2D eigenvalue weighted by molar-refractivity contribution is 0.341. The van der Waals surface area contributed by atoms with Crippen LogP contribution >= 0.6 is 11.8 Å². The van der Waals surface area contributed by atoms with E-state index in [1.165, 1.54) is 55.8 Å². The number of thioether (sulfide) groups is 1. The molecule has 0 radical (unpaired) electrons. The van der Waals surface area contributed by atoms with Crippen LogP contribution in [0.2, 0.25) is 0 Å². The second kappa shape index (κ2) is 7.14. The lowest BCUT2D eigenvalue weighted by atomic mass is 10.1. The van der Waals surface area contributed by atoms with Gasteiger partial charge in [-0.25, -0.2) is 0 Å². The lowest BCUT2D eigenvalue weighted by Crippen LogP contribution is -2.22. The molecular weight excluding hydrogens is 266 g/mol. The number of benzene rings is 1. The maximum Gasteiger partial charge on any atom is 0.157 e. The molecule has 0 bridgehead atoms. The number of rotatable bonds is 4. The van der Waals surface area contributed by atoms with Gasteiger partial charge in [0.2, 0.25) is 0 Å². The summed E-state index contributed by atoms with van der Waals surface area (Å²) in [4.78, 5) is 7.27. The molecule has 1 saturated heterocycles. The van der Waals surface area contributed by atoms with Gasteiger partial charge in [-0.3, -0.25) is 4.99 Å². The van der Waals surface area contributed by atoms with E-state index in [4.69, 9.17) is 0 Å². The number of nitrogens with zero attached hydrogens (tertiary/aromatic N) is 2. The summed E-state index contributed by atoms with van der Waals surface area (Å²) < 4.78 is 0. The van der Waals surface area contributed by atoms with Gasteiger partial charge in [0, 0.05) is 12.3 Å². The summed E-state index contributed by atoms with van der Waals surface area (Å²) in [5.41, 5.74) is 2.73. The van der Waals surface area contributed by atoms with Crippen molar-refractivity contribution in [1.29, 1.82) is 0 Å². The molecule has 0 spiro atoms. The van der Waals surface area contributed by atoms with E-state index < -0.39 is 0 Å². The largest absolute Gasteiger partial charge is 0.361 e. The summed E-state index contributed by atoms with van der Waals surface area (Å²) in [5.74, 6) is 1.17. The van der Waals surface area contributed by atoms with Crippen LogP contribution in [0.3, 0.4) is 0 Å². The van der Waals surface area contributed by atoms with E-state index in [0.717, 1.165) is 18.3 Å². The molecular formula is C16H23N3S. The SMILES string of the molecule is c1ccc2c(c1)CN=C(SCCCN1CCCC1)NC2. The molecule has 2 aliphatic rings. The van der Waals surface area contributed by atoms with Crippen LogP contribution in [0.4, 0.5) is 0 Å². The molecule has 2 aliphatic heterocycles. The first-order valence-electron chi connectivity index (χ1n) is 7.62. The molecule has 0 unspecified atom stereocenters. The van der Waals surface area contributed by atoms with Crippen LogP contribution in [-0.4, -0.2) is 35.5 Å². The summed E-state index contributed by atoms with van der Waals surface area (Å²) in [6.07, 6.45) is 4.04. The molecule has 1 aromatic carbocycles. The third-order valence-corrected chi connectivity index (χ3v) is 5.04. The third kappa shape index (κ3) is 3.76. The molecule has 1 aromatic rings. The molecule has 0 saturated carbocycles. The summed E-state index contributed by atoms with van der Waals surface area (Å²) in [6, 6.07) is 8.58. The Balaban J connectivity index is 1.41. The Kier molecular flexibility index (Phi) is 4.98. The molecule has 3 nitrogen and oxygen atoms in total. The minimum atomic E-state index is 0.817. The smallest absolute Gasteiger partial charge is 0.157 e. The molecule has 4 heteroatoms. The normalized spacial score (nSPS) is 19.1. The average Bonchev–Trinajstić information content (AvgIpc) is 2.91. The van der Waals surface area contributed by atoms with Crippen molar-refractivity contribution in [2.24, 2.45) is 4.99 Å². The number of likely N-dealkylation sites (tertiary alicyclic amines) is 1. The Hall–Kier alpha value is -1.00. The van der Waals surface area contributed by atoms with Gasteiger partial charge in [-0.05, 0) is 50.0 Å². The second-order valence-electron chi connectivity index (χ2n) is 5.49. The zero-order valence-corrected chi connectivity index (χ0v) is 12.8. The van der Waals surface area contributed by atoms with E-state index >= 15 is 0 Å². The van der Waals surface area contributed by atoms with Crippen LogP contribution in [0.5, 0.6) is 0 Å². The zero-order valence-electron chi connectivity index (χ0n) is 12.0. The maximum atomic E-state index is 4.69. The van der Waals surface area contributed by atoms with E-state index in [1.807, 2.05) is 11.8 Å². The van der Waals surface area contributed by atoms with E-state index in [-0.39, 0.29) is 0 Å². The summed E-state index contributed by atoms with van der Waals surface area (Å²) in [5, 5.41) is 4.58. The van der Waals surface area contributed by atoms with Crippen LogP contribution in [0.25, 0.3) is 0 Å². The highest BCUT2D eigenvalue weighted by Crippen LogP contribution is 2.16. The van der Waals surface area contributed by atoms with E-state index in [2.05, 4.69) is 39.5 Å². The van der Waals surface area contributed by atoms with Gasteiger partial charge in [-0.2, -0.15) is 0 Å². The first-order chi connectivity index (χ1) is 9.92. The van der Waals surface area contributed by atoms with Crippen molar-refractivity contribution < 1.29 is 0 Å². The van der Waals surface area contributed by atoms with E-state index in [1.54, 1.807) is 0 Å². The average molecular weight is 289 g/mol. The second-order valence-corrected chi connectivity index (χ2v) is 6.58. The standard InChI is InChI=1S/C16H23N3S/c1-2-7-15-13-18-16(17-12-14(15)6-1)20-11-5-10-19-8-3-4-9-19/h1-2,6-7H,3-5,8-13H2,(H,17,18). The molecule has 2 heterocycles. The van der Waals surface area contributed by atoms with Crippen molar-refractivity contribution in [1.82, 2.24) is 10.2 Å². The van der Waals surface area contributed by atoms with Gasteiger partial charge in [0.15, 0.2) is 5.17 Å². The van der Waals surface area contributed by atoms with Gasteiger partial charge in [0.25, 0.3) is 0 Å². The Bertz CT molecular complexity index is 467. The highest BCUT2D eigenvalue weighted by Gasteiger charge is 2.12. The first-order valence-corrected chi connectivity index (χ1v) is 8.60. The van der Waals surface area contributed by atoms with Gasteiger partial charge in [-0.15, -0.1) is 0 Å². The van der Waals surface area contributed by atoms with Gasteiger partial charge in [0.1, 0.15) is 0 Å². The van der Waals surface area contributed by atoms with Gasteiger partial charge >= 0.3 is 0 Å². The Morgan fingerprint density at radius 1 is 1.15 bits per heavy atom. The van der Waals surface area contributed by atoms with Crippen LogP contribution < -0.4 is 5.32 Å². The zero-order chi connectivity index (χ0) is 13.6. The number of nitrogens with one attached hydrogen (secondary N) is 1. The van der Waals surface area contributed by atoms with Gasteiger partial charge in [0.05, 0.1) is 6.54 Å². The first kappa shape index (κ1) is 14.0. The summed E-state index contributed by atoms with van der Waals surface area (Å²) in [7, 11) is 0. The topological polar surface area (TPSA) is 27.6 Å². The molecule has 3 rings (SSSR count). The fraction of sp³-hybridized carbons (Fsp3) is 0.562. The van der Waals surface area contributed by atoms with Crippen molar-refractivity contribution in [3.8, 4) is 0 Å². The Morgan fingerprint density at radius 2 is 1.95 bits per heavy atom. The molecule has 108 valence electrons. The highest BCUT2D eigenvalue weighted by atomic mass is 32.2. The molecule has 0 atom stereocenters. The van der Waals surface area contributed by atoms with Crippen molar-refractivity contribution in [3.05, 3.63) is 35.4 Å². The molecule has 0 aliphatic carbocycles. The van der Waals surface area contributed by atoms with Gasteiger partial charge < -0.3 is 10.2 Å². The number of amidine groups is 1. The monoisotopic (exact) mass is 289 g/mol. The van der Waals surface area contributed by atoms with Crippen molar-refractivity contribution in [2.45, 2.75) is 32.4 Å². The lowest BCUT2D eigenvalue weighted by Gasteiger charge is -2.14. The quantitative estimate of drug-likeness (QED) is 0.864. The number of aliphatic imine (C=N–C) groups is 1. The van der Waals surface area contributed by atoms with Crippen molar-refractivity contribution in [3.63, 3.8) is 0 Å². The molecule has 1 N–H and O–H groups in total. The summed E-state index contributed by atoms with van der Waals surface area (Å²) in [6.45, 7) is 5.59. The Morgan fingerprint density at radius 3 is 2.80 bits per heavy atom. The summed E-state index contributed by atoms with van der Waals surface area (Å²) >= 11 is 1.88. The van der Waals surface area contributed by atoms with E-state index in [0.29, 0.717) is 0 Å². The van der Waals surface area contributed by atoms with Crippen molar-refractivity contribution in [2.75, 3.05) is 25.4 Å². The van der Waals surface area contributed by atoms with Crippen LogP contribution in [0.1, 0.15) is 30.4 Å². The molecule has 0 aromatic heterocycles. The fourth-order valence-electron chi connectivity index (χ4n) is 2.83. The van der Waals surface area contributed by atoms with Gasteiger partial charge in [-0.1, -0.05) is 36.0 Å². The van der Waals surface area contributed by atoms with E-state index in [9.17, 15) is 0 Å². The van der Waals surface area contributed by atoms with Crippen LogP contribution in [-0.2, 0) is 13.1 Å².